The predicted molar refractivity (Wildman–Crippen MR) is 59.6 cm³/mol. The lowest BCUT2D eigenvalue weighted by atomic mass is 10.5. The van der Waals surface area contributed by atoms with Gasteiger partial charge in [-0.15, -0.1) is 12.6 Å². The number of carboxylic acids is 1. The number of hydrogen-bond acceptors (Lipinski definition) is 5. The van der Waals surface area contributed by atoms with Gasteiger partial charge in [0.15, 0.2) is 0 Å². The molecule has 1 unspecified atom stereocenters. The Labute approximate surface area is 88.8 Å². The van der Waals surface area contributed by atoms with E-state index in [0.29, 0.717) is 17.9 Å². The molecule has 0 aromatic carbocycles. The second-order valence-electron chi connectivity index (χ2n) is 1.86. The van der Waals surface area contributed by atoms with E-state index >= 15 is 0 Å². The van der Waals surface area contributed by atoms with Crippen molar-refractivity contribution in [3.05, 3.63) is 0 Å². The van der Waals surface area contributed by atoms with Crippen molar-refractivity contribution < 1.29 is 15.0 Å². The number of aliphatic hydroxyl groups is 1. The minimum Gasteiger partial charge on any atom is -0.481 e. The zero-order chi connectivity index (χ0) is 9.98. The Kier molecular flexibility index (Phi) is 14.3. The van der Waals surface area contributed by atoms with Crippen LogP contribution in [0.1, 0.15) is 12.8 Å². The van der Waals surface area contributed by atoms with E-state index in [4.69, 9.17) is 10.2 Å². The molecule has 12 heavy (non-hydrogen) atoms. The Morgan fingerprint density at radius 3 is 1.83 bits per heavy atom. The first-order valence-electron chi connectivity index (χ1n) is 3.34. The molecule has 3 nitrogen and oxygen atoms in total. The van der Waals surface area contributed by atoms with Crippen molar-refractivity contribution in [2.75, 3.05) is 11.5 Å². The van der Waals surface area contributed by atoms with Crippen LogP contribution in [0.4, 0.5) is 0 Å². The summed E-state index contributed by atoms with van der Waals surface area (Å²) in [5.74, 6) is 0.338. The first kappa shape index (κ1) is 15.0. The van der Waals surface area contributed by atoms with Crippen LogP contribution >= 0.6 is 37.9 Å². The van der Waals surface area contributed by atoms with Gasteiger partial charge in [0.1, 0.15) is 0 Å². The Morgan fingerprint density at radius 2 is 1.83 bits per heavy atom. The van der Waals surface area contributed by atoms with E-state index in [1.54, 1.807) is 0 Å². The Bertz CT molecular complexity index is 108. The number of aliphatic carboxylic acids is 1. The van der Waals surface area contributed by atoms with Crippen LogP contribution in [0.5, 0.6) is 0 Å². The summed E-state index contributed by atoms with van der Waals surface area (Å²) in [5, 5.41) is 16.2. The van der Waals surface area contributed by atoms with E-state index in [1.165, 1.54) is 0 Å². The van der Waals surface area contributed by atoms with E-state index in [9.17, 15) is 4.79 Å². The molecule has 0 rings (SSSR count). The molecule has 1 atom stereocenters. The number of hydrogen-bond donors (Lipinski definition) is 5. The molecule has 0 amide bonds. The quantitative estimate of drug-likeness (QED) is 0.369. The lowest BCUT2D eigenvalue weighted by molar-refractivity contribution is -0.136. The number of aliphatic hydroxyl groups excluding tert-OH is 1. The first-order valence-corrected chi connectivity index (χ1v) is 5.12. The first-order chi connectivity index (χ1) is 5.54. The summed E-state index contributed by atoms with van der Waals surface area (Å²) < 4.78 is 0. The number of thiol groups is 3. The van der Waals surface area contributed by atoms with E-state index in [0.717, 1.165) is 0 Å². The van der Waals surface area contributed by atoms with Crippen LogP contribution in [0.3, 0.4) is 0 Å². The maximum absolute atomic E-state index is 9.55. The van der Waals surface area contributed by atoms with Crippen molar-refractivity contribution >= 4 is 43.9 Å². The average molecular weight is 230 g/mol. The van der Waals surface area contributed by atoms with Crippen LogP contribution in [-0.2, 0) is 4.79 Å². The molecule has 0 heterocycles. The summed E-state index contributed by atoms with van der Waals surface area (Å²) >= 11 is 11.2. The van der Waals surface area contributed by atoms with Crippen molar-refractivity contribution in [1.29, 1.82) is 0 Å². The molecule has 0 spiro atoms. The molecule has 0 aromatic rings. The summed E-state index contributed by atoms with van der Waals surface area (Å²) in [6.45, 7) is 0. The van der Waals surface area contributed by atoms with E-state index in [2.05, 4.69) is 37.9 Å². The minimum absolute atomic E-state index is 0.156. The molecular formula is C6H14O3S3. The highest BCUT2D eigenvalue weighted by Gasteiger charge is 1.89. The predicted octanol–water partition coefficient (Wildman–Crippen LogP) is 0.945. The van der Waals surface area contributed by atoms with E-state index < -0.39 is 11.4 Å². The normalized spacial score (nSPS) is 11.3. The van der Waals surface area contributed by atoms with E-state index in [-0.39, 0.29) is 6.42 Å². The van der Waals surface area contributed by atoms with Gasteiger partial charge in [-0.25, -0.2) is 0 Å². The number of rotatable bonds is 4. The molecule has 0 radical (unpaired) electrons. The van der Waals surface area contributed by atoms with Crippen LogP contribution in [0.15, 0.2) is 0 Å². The summed E-state index contributed by atoms with van der Waals surface area (Å²) in [6, 6.07) is 0. The molecule has 0 saturated heterocycles. The molecule has 0 aromatic heterocycles. The Balaban J connectivity index is 0. The molecule has 0 saturated carbocycles. The van der Waals surface area contributed by atoms with Gasteiger partial charge in [-0.3, -0.25) is 4.79 Å². The Morgan fingerprint density at radius 1 is 1.33 bits per heavy atom. The molecule has 0 aliphatic rings. The topological polar surface area (TPSA) is 57.5 Å². The van der Waals surface area contributed by atoms with Gasteiger partial charge in [-0.1, -0.05) is 0 Å². The zero-order valence-corrected chi connectivity index (χ0v) is 9.23. The lowest BCUT2D eigenvalue weighted by Crippen LogP contribution is -1.94. The van der Waals surface area contributed by atoms with Gasteiger partial charge in [0, 0.05) is 5.75 Å². The van der Waals surface area contributed by atoms with Crippen LogP contribution in [0.2, 0.25) is 0 Å². The van der Waals surface area contributed by atoms with Gasteiger partial charge in [0.25, 0.3) is 0 Å². The number of carbonyl (C=O) groups is 1. The molecule has 74 valence electrons. The average Bonchev–Trinajstić information content (AvgIpc) is 1.87. The third-order valence-electron chi connectivity index (χ3n) is 0.713. The second-order valence-corrected chi connectivity index (χ2v) is 3.35. The highest BCUT2D eigenvalue weighted by molar-refractivity contribution is 7.81. The molecule has 0 aliphatic heterocycles. The van der Waals surface area contributed by atoms with Crippen molar-refractivity contribution in [2.24, 2.45) is 0 Å². The van der Waals surface area contributed by atoms with Gasteiger partial charge in [-0.05, 0) is 12.2 Å². The van der Waals surface area contributed by atoms with Crippen molar-refractivity contribution in [3.63, 3.8) is 0 Å². The third kappa shape index (κ3) is 22.4. The van der Waals surface area contributed by atoms with Crippen LogP contribution in [0, 0.1) is 0 Å². The summed E-state index contributed by atoms with van der Waals surface area (Å²) in [6.07, 6.45) is 0.815. The Hall–Kier alpha value is 0.480. The van der Waals surface area contributed by atoms with Crippen molar-refractivity contribution in [3.8, 4) is 0 Å². The van der Waals surface area contributed by atoms with Crippen LogP contribution in [-0.4, -0.2) is 33.1 Å². The van der Waals surface area contributed by atoms with Gasteiger partial charge in [0.2, 0.25) is 0 Å². The molecule has 0 aliphatic carbocycles. The second kappa shape index (κ2) is 11.5. The summed E-state index contributed by atoms with van der Waals surface area (Å²) in [5.41, 5.74) is -0.484. The van der Waals surface area contributed by atoms with Gasteiger partial charge >= 0.3 is 5.97 Å². The third-order valence-corrected chi connectivity index (χ3v) is 1.45. The maximum Gasteiger partial charge on any atom is 0.304 e. The van der Waals surface area contributed by atoms with Crippen molar-refractivity contribution in [2.45, 2.75) is 18.3 Å². The summed E-state index contributed by atoms with van der Waals surface area (Å²) in [7, 11) is 0. The maximum atomic E-state index is 9.55. The zero-order valence-electron chi connectivity index (χ0n) is 6.55. The summed E-state index contributed by atoms with van der Waals surface area (Å²) in [4.78, 5) is 9.55. The molecule has 6 heteroatoms. The SMILES string of the molecule is O=C(O)CCS.OC(S)CCS. The molecule has 2 N–H and O–H groups in total. The van der Waals surface area contributed by atoms with Crippen LogP contribution in [0.25, 0.3) is 0 Å². The van der Waals surface area contributed by atoms with Crippen molar-refractivity contribution in [1.82, 2.24) is 0 Å². The van der Waals surface area contributed by atoms with Gasteiger partial charge < -0.3 is 10.2 Å². The monoisotopic (exact) mass is 230 g/mol. The standard InChI is InChI=1S/C3H6O2S.C3H8OS2/c4-3(5)1-2-6;4-3(6)1-2-5/h6H,1-2H2,(H,4,5);3-6H,1-2H2. The lowest BCUT2D eigenvalue weighted by Gasteiger charge is -1.94. The highest BCUT2D eigenvalue weighted by Crippen LogP contribution is 1.95. The molecular weight excluding hydrogens is 216 g/mol. The van der Waals surface area contributed by atoms with Gasteiger partial charge in [0.05, 0.1) is 11.9 Å². The highest BCUT2D eigenvalue weighted by atomic mass is 32.1. The van der Waals surface area contributed by atoms with Crippen LogP contribution < -0.4 is 0 Å². The van der Waals surface area contributed by atoms with Gasteiger partial charge in [-0.2, -0.15) is 25.3 Å². The smallest absolute Gasteiger partial charge is 0.304 e. The number of carboxylic acid groups (broad SMARTS) is 1. The fourth-order valence-corrected chi connectivity index (χ4v) is 0.980. The fraction of sp³-hybridized carbons (Fsp3) is 0.833. The largest absolute Gasteiger partial charge is 0.481 e. The van der Waals surface area contributed by atoms with E-state index in [1.807, 2.05) is 0 Å². The minimum atomic E-state index is -0.787. The fourth-order valence-electron chi connectivity index (χ4n) is 0.211. The molecule has 0 fully saturated rings. The molecule has 0 bridgehead atoms.